The molecule has 0 bridgehead atoms. The molecule has 1 amide bonds. The SMILES string of the molecule is CC(=O)Nc1ccc(C2=N/C(=C\c3ccsc3)C(=O)O2)cc1. The molecule has 110 valence electrons. The Balaban J connectivity index is 1.83. The van der Waals surface area contributed by atoms with Crippen molar-refractivity contribution < 1.29 is 14.3 Å². The van der Waals surface area contributed by atoms with Crippen LogP contribution in [0, 0.1) is 0 Å². The number of ether oxygens (including phenoxy) is 1. The van der Waals surface area contributed by atoms with Crippen LogP contribution in [0.5, 0.6) is 0 Å². The van der Waals surface area contributed by atoms with E-state index < -0.39 is 5.97 Å². The van der Waals surface area contributed by atoms with Gasteiger partial charge < -0.3 is 10.1 Å². The first kappa shape index (κ1) is 14.2. The highest BCUT2D eigenvalue weighted by Crippen LogP contribution is 2.21. The Morgan fingerprint density at radius 3 is 2.68 bits per heavy atom. The van der Waals surface area contributed by atoms with Crippen LogP contribution in [0.3, 0.4) is 0 Å². The van der Waals surface area contributed by atoms with Gasteiger partial charge in [0, 0.05) is 18.2 Å². The molecule has 1 N–H and O–H groups in total. The molecule has 0 fully saturated rings. The molecule has 22 heavy (non-hydrogen) atoms. The highest BCUT2D eigenvalue weighted by molar-refractivity contribution is 7.08. The van der Waals surface area contributed by atoms with Crippen LogP contribution in [0.4, 0.5) is 5.69 Å². The highest BCUT2D eigenvalue weighted by Gasteiger charge is 2.24. The van der Waals surface area contributed by atoms with Gasteiger partial charge in [0.2, 0.25) is 11.8 Å². The fraction of sp³-hybridized carbons (Fsp3) is 0.0625. The summed E-state index contributed by atoms with van der Waals surface area (Å²) in [5, 5.41) is 6.53. The molecule has 5 nitrogen and oxygen atoms in total. The third-order valence-electron chi connectivity index (χ3n) is 2.92. The van der Waals surface area contributed by atoms with E-state index in [1.807, 2.05) is 16.8 Å². The van der Waals surface area contributed by atoms with Gasteiger partial charge in [0.05, 0.1) is 0 Å². The van der Waals surface area contributed by atoms with Gasteiger partial charge in [-0.15, -0.1) is 0 Å². The molecular weight excluding hydrogens is 300 g/mol. The summed E-state index contributed by atoms with van der Waals surface area (Å²) < 4.78 is 5.19. The number of rotatable bonds is 3. The van der Waals surface area contributed by atoms with Crippen LogP contribution in [0.15, 0.2) is 51.8 Å². The number of amides is 1. The number of hydrogen-bond acceptors (Lipinski definition) is 5. The van der Waals surface area contributed by atoms with Crippen molar-refractivity contribution in [2.75, 3.05) is 5.32 Å². The molecule has 1 aromatic heterocycles. The van der Waals surface area contributed by atoms with E-state index in [2.05, 4.69) is 10.3 Å². The van der Waals surface area contributed by atoms with Crippen LogP contribution in [0.1, 0.15) is 18.1 Å². The number of nitrogens with one attached hydrogen (secondary N) is 1. The summed E-state index contributed by atoms with van der Waals surface area (Å²) in [7, 11) is 0. The fourth-order valence-corrected chi connectivity index (χ4v) is 2.57. The van der Waals surface area contributed by atoms with Gasteiger partial charge in [0.15, 0.2) is 5.70 Å². The minimum absolute atomic E-state index is 0.140. The molecule has 0 saturated heterocycles. The summed E-state index contributed by atoms with van der Waals surface area (Å²) in [6.07, 6.45) is 1.69. The van der Waals surface area contributed by atoms with Crippen molar-refractivity contribution in [1.82, 2.24) is 0 Å². The minimum atomic E-state index is -0.466. The zero-order valence-electron chi connectivity index (χ0n) is 11.7. The van der Waals surface area contributed by atoms with Crippen molar-refractivity contribution in [1.29, 1.82) is 0 Å². The molecular formula is C16H12N2O3S. The maximum absolute atomic E-state index is 11.8. The Kier molecular flexibility index (Phi) is 3.84. The number of carbonyl (C=O) groups is 2. The van der Waals surface area contributed by atoms with Gasteiger partial charge >= 0.3 is 5.97 Å². The topological polar surface area (TPSA) is 67.8 Å². The number of esters is 1. The molecule has 1 aromatic carbocycles. The molecule has 2 heterocycles. The summed E-state index contributed by atoms with van der Waals surface area (Å²) in [6, 6.07) is 8.85. The number of nitrogens with zero attached hydrogens (tertiary/aromatic N) is 1. The van der Waals surface area contributed by atoms with Crippen molar-refractivity contribution in [3.8, 4) is 0 Å². The van der Waals surface area contributed by atoms with Crippen LogP contribution in [0.2, 0.25) is 0 Å². The zero-order chi connectivity index (χ0) is 15.5. The van der Waals surface area contributed by atoms with Crippen LogP contribution in [0.25, 0.3) is 6.08 Å². The third-order valence-corrected chi connectivity index (χ3v) is 3.62. The number of carbonyl (C=O) groups excluding carboxylic acids is 2. The van der Waals surface area contributed by atoms with Crippen molar-refractivity contribution in [2.24, 2.45) is 4.99 Å². The number of thiophene rings is 1. The molecule has 1 aliphatic heterocycles. The van der Waals surface area contributed by atoms with Crippen molar-refractivity contribution in [3.05, 3.63) is 57.9 Å². The Morgan fingerprint density at radius 1 is 1.27 bits per heavy atom. The van der Waals surface area contributed by atoms with Gasteiger partial charge in [-0.3, -0.25) is 4.79 Å². The first-order valence-corrected chi connectivity index (χ1v) is 7.49. The number of aliphatic imine (C=N–C) groups is 1. The molecule has 0 atom stereocenters. The van der Waals surface area contributed by atoms with Crippen molar-refractivity contribution in [3.63, 3.8) is 0 Å². The summed E-state index contributed by atoms with van der Waals surface area (Å²) in [6.45, 7) is 1.44. The molecule has 0 radical (unpaired) electrons. The predicted molar refractivity (Wildman–Crippen MR) is 85.7 cm³/mol. The number of hydrogen-bond donors (Lipinski definition) is 1. The van der Waals surface area contributed by atoms with Crippen LogP contribution < -0.4 is 5.32 Å². The average molecular weight is 312 g/mol. The maximum atomic E-state index is 11.8. The molecule has 0 unspecified atom stereocenters. The molecule has 3 rings (SSSR count). The van der Waals surface area contributed by atoms with Crippen LogP contribution in [-0.2, 0) is 14.3 Å². The van der Waals surface area contributed by atoms with Crippen LogP contribution >= 0.6 is 11.3 Å². The Bertz CT molecular complexity index is 774. The van der Waals surface area contributed by atoms with Gasteiger partial charge in [-0.05, 0) is 52.7 Å². The predicted octanol–water partition coefficient (Wildman–Crippen LogP) is 3.05. The fourth-order valence-electron chi connectivity index (χ4n) is 1.95. The van der Waals surface area contributed by atoms with E-state index in [0.717, 1.165) is 5.56 Å². The minimum Gasteiger partial charge on any atom is -0.402 e. The van der Waals surface area contributed by atoms with E-state index in [0.29, 0.717) is 11.3 Å². The van der Waals surface area contributed by atoms with E-state index in [1.54, 1.807) is 41.7 Å². The lowest BCUT2D eigenvalue weighted by Gasteiger charge is -2.03. The third kappa shape index (κ3) is 3.12. The van der Waals surface area contributed by atoms with E-state index in [4.69, 9.17) is 4.74 Å². The zero-order valence-corrected chi connectivity index (χ0v) is 12.5. The second-order valence-corrected chi connectivity index (χ2v) is 5.43. The molecule has 0 saturated carbocycles. The summed E-state index contributed by atoms with van der Waals surface area (Å²) in [5.41, 5.74) is 2.55. The van der Waals surface area contributed by atoms with Gasteiger partial charge in [-0.2, -0.15) is 11.3 Å². The first-order valence-electron chi connectivity index (χ1n) is 6.54. The smallest absolute Gasteiger partial charge is 0.363 e. The lowest BCUT2D eigenvalue weighted by atomic mass is 10.2. The molecule has 0 aliphatic carbocycles. The van der Waals surface area contributed by atoms with E-state index in [-0.39, 0.29) is 17.5 Å². The second kappa shape index (κ2) is 5.95. The van der Waals surface area contributed by atoms with Gasteiger partial charge in [0.25, 0.3) is 0 Å². The largest absolute Gasteiger partial charge is 0.402 e. The van der Waals surface area contributed by atoms with Gasteiger partial charge in [-0.1, -0.05) is 0 Å². The summed E-state index contributed by atoms with van der Waals surface area (Å²) >= 11 is 1.55. The van der Waals surface area contributed by atoms with E-state index in [1.165, 1.54) is 6.92 Å². The quantitative estimate of drug-likeness (QED) is 0.699. The Morgan fingerprint density at radius 2 is 2.05 bits per heavy atom. The van der Waals surface area contributed by atoms with Gasteiger partial charge in [0.1, 0.15) is 0 Å². The Hall–Kier alpha value is -2.73. The average Bonchev–Trinajstić information content (AvgIpc) is 3.10. The number of cyclic esters (lactones) is 1. The first-order chi connectivity index (χ1) is 10.6. The van der Waals surface area contributed by atoms with E-state index in [9.17, 15) is 9.59 Å². The monoisotopic (exact) mass is 312 g/mol. The molecule has 0 spiro atoms. The maximum Gasteiger partial charge on any atom is 0.363 e. The molecule has 1 aliphatic rings. The van der Waals surface area contributed by atoms with Crippen LogP contribution in [-0.4, -0.2) is 17.8 Å². The van der Waals surface area contributed by atoms with Crippen molar-refractivity contribution >= 4 is 40.9 Å². The summed E-state index contributed by atoms with van der Waals surface area (Å²) in [5.74, 6) is -0.341. The molecule has 6 heteroatoms. The number of benzene rings is 1. The van der Waals surface area contributed by atoms with Crippen molar-refractivity contribution in [2.45, 2.75) is 6.92 Å². The molecule has 2 aromatic rings. The highest BCUT2D eigenvalue weighted by atomic mass is 32.1. The Labute approximate surface area is 131 Å². The normalized spacial score (nSPS) is 15.6. The second-order valence-electron chi connectivity index (χ2n) is 4.65. The standard InChI is InChI=1S/C16H12N2O3S/c1-10(19)17-13-4-2-12(3-5-13)15-18-14(16(20)21-15)8-11-6-7-22-9-11/h2-9H,1H3,(H,17,19)/b14-8-. The lowest BCUT2D eigenvalue weighted by Crippen LogP contribution is -2.07. The number of anilines is 1. The summed E-state index contributed by atoms with van der Waals surface area (Å²) in [4.78, 5) is 27.0. The van der Waals surface area contributed by atoms with Gasteiger partial charge in [-0.25, -0.2) is 9.79 Å². The lowest BCUT2D eigenvalue weighted by molar-refractivity contribution is -0.129. The van der Waals surface area contributed by atoms with E-state index >= 15 is 0 Å².